The Balaban J connectivity index is 1.93. The van der Waals surface area contributed by atoms with Crippen molar-refractivity contribution in [2.75, 3.05) is 5.32 Å². The van der Waals surface area contributed by atoms with Gasteiger partial charge in [0.15, 0.2) is 0 Å². The summed E-state index contributed by atoms with van der Waals surface area (Å²) in [4.78, 5) is 28.2. The number of halogens is 1. The van der Waals surface area contributed by atoms with E-state index in [2.05, 4.69) is 15.6 Å². The highest BCUT2D eigenvalue weighted by Gasteiger charge is 2.19. The number of nitrogens with zero attached hydrogens (tertiary/aromatic N) is 1. The molecule has 1 atom stereocenters. The molecule has 0 saturated carbocycles. The molecule has 1 aromatic heterocycles. The zero-order chi connectivity index (χ0) is 17.7. The molecule has 0 aliphatic rings. The fraction of sp³-hybridized carbons (Fsp3) is 0.235. The van der Waals surface area contributed by atoms with Crippen molar-refractivity contribution < 1.29 is 9.59 Å². The van der Waals surface area contributed by atoms with Gasteiger partial charge in [0.1, 0.15) is 5.03 Å². The van der Waals surface area contributed by atoms with Gasteiger partial charge >= 0.3 is 6.03 Å². The Kier molecular flexibility index (Phi) is 6.23. The third-order valence-electron chi connectivity index (χ3n) is 3.25. The van der Waals surface area contributed by atoms with Gasteiger partial charge < -0.3 is 5.32 Å². The van der Waals surface area contributed by atoms with Crippen LogP contribution in [0.15, 0.2) is 41.6 Å². The van der Waals surface area contributed by atoms with E-state index in [9.17, 15) is 9.59 Å². The summed E-state index contributed by atoms with van der Waals surface area (Å²) in [5.41, 5.74) is 2.70. The van der Waals surface area contributed by atoms with Crippen LogP contribution in [0.2, 0.25) is 5.02 Å². The molecule has 2 N–H and O–H groups in total. The Morgan fingerprint density at radius 3 is 2.67 bits per heavy atom. The van der Waals surface area contributed by atoms with Crippen LogP contribution in [-0.2, 0) is 4.79 Å². The molecule has 24 heavy (non-hydrogen) atoms. The first-order valence-electron chi connectivity index (χ1n) is 7.33. The second-order valence-corrected chi connectivity index (χ2v) is 7.05. The van der Waals surface area contributed by atoms with Crippen LogP contribution in [0.5, 0.6) is 0 Å². The smallest absolute Gasteiger partial charge is 0.307 e. The maximum atomic E-state index is 12.1. The molecule has 3 amide bonds. The van der Waals surface area contributed by atoms with Crippen molar-refractivity contribution in [1.29, 1.82) is 0 Å². The molecule has 0 aliphatic heterocycles. The van der Waals surface area contributed by atoms with Crippen LogP contribution >= 0.6 is 23.4 Å². The van der Waals surface area contributed by atoms with E-state index in [1.807, 2.05) is 26.0 Å². The van der Waals surface area contributed by atoms with Gasteiger partial charge in [0, 0.05) is 11.9 Å². The average Bonchev–Trinajstić information content (AvgIpc) is 2.52. The topological polar surface area (TPSA) is 71.1 Å². The first kappa shape index (κ1) is 18.3. The zero-order valence-electron chi connectivity index (χ0n) is 13.6. The van der Waals surface area contributed by atoms with E-state index >= 15 is 0 Å². The number of anilines is 1. The third kappa shape index (κ3) is 4.97. The van der Waals surface area contributed by atoms with Crippen LogP contribution in [0.3, 0.4) is 0 Å². The summed E-state index contributed by atoms with van der Waals surface area (Å²) in [6, 6.07) is 8.51. The molecule has 0 saturated heterocycles. The Labute approximate surface area is 150 Å². The molecule has 0 fully saturated rings. The van der Waals surface area contributed by atoms with E-state index in [4.69, 9.17) is 11.6 Å². The Bertz CT molecular complexity index is 767. The van der Waals surface area contributed by atoms with Gasteiger partial charge in [-0.1, -0.05) is 41.1 Å². The number of carbonyl (C=O) groups excluding carboxylic acids is 2. The van der Waals surface area contributed by atoms with Gasteiger partial charge in [-0.15, -0.1) is 0 Å². The highest BCUT2D eigenvalue weighted by molar-refractivity contribution is 8.00. The van der Waals surface area contributed by atoms with E-state index in [-0.39, 0.29) is 0 Å². The van der Waals surface area contributed by atoms with Gasteiger partial charge in [0.2, 0.25) is 5.91 Å². The van der Waals surface area contributed by atoms with E-state index in [1.54, 1.807) is 31.3 Å². The van der Waals surface area contributed by atoms with Crippen LogP contribution in [-0.4, -0.2) is 22.2 Å². The highest BCUT2D eigenvalue weighted by atomic mass is 35.5. The number of aryl methyl sites for hydroxylation is 2. The number of amides is 3. The molecule has 1 heterocycles. The molecule has 0 unspecified atom stereocenters. The molecule has 2 aromatic rings. The van der Waals surface area contributed by atoms with Crippen molar-refractivity contribution in [3.63, 3.8) is 0 Å². The first-order chi connectivity index (χ1) is 11.4. The van der Waals surface area contributed by atoms with Crippen molar-refractivity contribution >= 4 is 41.0 Å². The maximum Gasteiger partial charge on any atom is 0.325 e. The number of imide groups is 1. The largest absolute Gasteiger partial charge is 0.325 e. The molecule has 2 rings (SSSR count). The fourth-order valence-corrected chi connectivity index (χ4v) is 3.06. The summed E-state index contributed by atoms with van der Waals surface area (Å²) in [5, 5.41) is 5.52. The van der Waals surface area contributed by atoms with Gasteiger partial charge in [-0.2, -0.15) is 0 Å². The number of carbonyl (C=O) groups is 2. The maximum absolute atomic E-state index is 12.1. The van der Waals surface area contributed by atoms with Crippen LogP contribution in [0.25, 0.3) is 0 Å². The highest BCUT2D eigenvalue weighted by Crippen LogP contribution is 2.27. The Morgan fingerprint density at radius 2 is 2.00 bits per heavy atom. The SMILES string of the molecule is Cc1ccc(NC(=O)NC(=O)[C@@H](C)Sc2ncccc2Cl)c(C)c1. The van der Waals surface area contributed by atoms with Crippen molar-refractivity contribution in [1.82, 2.24) is 10.3 Å². The molecule has 126 valence electrons. The van der Waals surface area contributed by atoms with Gasteiger partial charge in [0.25, 0.3) is 0 Å². The predicted octanol–water partition coefficient (Wildman–Crippen LogP) is 4.18. The monoisotopic (exact) mass is 363 g/mol. The first-order valence-corrected chi connectivity index (χ1v) is 8.59. The van der Waals surface area contributed by atoms with Gasteiger partial charge in [-0.05, 0) is 44.5 Å². The molecular formula is C17H18ClN3O2S. The van der Waals surface area contributed by atoms with Gasteiger partial charge in [-0.3, -0.25) is 10.1 Å². The van der Waals surface area contributed by atoms with E-state index in [0.717, 1.165) is 11.1 Å². The number of pyridine rings is 1. The van der Waals surface area contributed by atoms with Crippen molar-refractivity contribution in [2.24, 2.45) is 0 Å². The van der Waals surface area contributed by atoms with Crippen molar-refractivity contribution in [3.05, 3.63) is 52.7 Å². The van der Waals surface area contributed by atoms with Crippen molar-refractivity contribution in [2.45, 2.75) is 31.0 Å². The number of thioether (sulfide) groups is 1. The second-order valence-electron chi connectivity index (χ2n) is 5.31. The summed E-state index contributed by atoms with van der Waals surface area (Å²) in [7, 11) is 0. The quantitative estimate of drug-likeness (QED) is 0.799. The van der Waals surface area contributed by atoms with Crippen LogP contribution in [0.4, 0.5) is 10.5 Å². The molecular weight excluding hydrogens is 346 g/mol. The minimum absolute atomic E-state index is 0.413. The zero-order valence-corrected chi connectivity index (χ0v) is 15.2. The van der Waals surface area contributed by atoms with Gasteiger partial charge in [0.05, 0.1) is 10.3 Å². The average molecular weight is 364 g/mol. The number of urea groups is 1. The molecule has 0 aliphatic carbocycles. The standard InChI is InChI=1S/C17H18ClN3O2S/c1-10-6-7-14(11(2)9-10)20-17(23)21-15(22)12(3)24-16-13(18)5-4-8-19-16/h4-9,12H,1-3H3,(H2,20,21,22,23)/t12-/m1/s1. The van der Waals surface area contributed by atoms with E-state index in [1.165, 1.54) is 11.8 Å². The molecule has 5 nitrogen and oxygen atoms in total. The van der Waals surface area contributed by atoms with Gasteiger partial charge in [-0.25, -0.2) is 9.78 Å². The number of rotatable bonds is 4. The summed E-state index contributed by atoms with van der Waals surface area (Å²) in [6.07, 6.45) is 1.60. The van der Waals surface area contributed by atoms with E-state index in [0.29, 0.717) is 15.7 Å². The third-order valence-corrected chi connectivity index (χ3v) is 4.78. The lowest BCUT2D eigenvalue weighted by molar-refractivity contribution is -0.119. The van der Waals surface area contributed by atoms with E-state index < -0.39 is 17.2 Å². The lowest BCUT2D eigenvalue weighted by Gasteiger charge is -2.13. The summed E-state index contributed by atoms with van der Waals surface area (Å²) >= 11 is 7.22. The van der Waals surface area contributed by atoms with Crippen molar-refractivity contribution in [3.8, 4) is 0 Å². The number of hydrogen-bond donors (Lipinski definition) is 2. The number of hydrogen-bond acceptors (Lipinski definition) is 4. The summed E-state index contributed by atoms with van der Waals surface area (Å²) in [5.74, 6) is -0.413. The lowest BCUT2D eigenvalue weighted by Crippen LogP contribution is -2.39. The second kappa shape index (κ2) is 8.17. The number of aromatic nitrogens is 1. The van der Waals surface area contributed by atoms with Crippen LogP contribution in [0, 0.1) is 13.8 Å². The summed E-state index contributed by atoms with van der Waals surface area (Å²) in [6.45, 7) is 5.56. The van der Waals surface area contributed by atoms with Crippen LogP contribution < -0.4 is 10.6 Å². The normalized spacial score (nSPS) is 11.7. The Hall–Kier alpha value is -2.05. The minimum Gasteiger partial charge on any atom is -0.307 e. The molecule has 0 bridgehead atoms. The molecule has 0 spiro atoms. The molecule has 1 aromatic carbocycles. The molecule has 7 heteroatoms. The molecule has 0 radical (unpaired) electrons. The summed E-state index contributed by atoms with van der Waals surface area (Å²) < 4.78 is 0. The number of nitrogens with one attached hydrogen (secondary N) is 2. The lowest BCUT2D eigenvalue weighted by atomic mass is 10.1. The predicted molar refractivity (Wildman–Crippen MR) is 97.6 cm³/mol. The minimum atomic E-state index is -0.563. The van der Waals surface area contributed by atoms with Crippen LogP contribution in [0.1, 0.15) is 18.1 Å². The Morgan fingerprint density at radius 1 is 1.25 bits per heavy atom. The fourth-order valence-electron chi connectivity index (χ4n) is 2.00. The number of benzene rings is 1.